The van der Waals surface area contributed by atoms with Crippen LogP contribution < -0.4 is 5.32 Å². The zero-order valence-electron chi connectivity index (χ0n) is 5.46. The fraction of sp³-hybridized carbons (Fsp3) is 0.667. The summed E-state index contributed by atoms with van der Waals surface area (Å²) >= 11 is 0. The van der Waals surface area contributed by atoms with E-state index in [0.717, 1.165) is 0 Å². The van der Waals surface area contributed by atoms with Crippen LogP contribution in [0.5, 0.6) is 0 Å². The molecule has 0 aromatic carbocycles. The van der Waals surface area contributed by atoms with Crippen molar-refractivity contribution in [3.05, 3.63) is 0 Å². The minimum Gasteiger partial charge on any atom is -0.481 e. The van der Waals surface area contributed by atoms with Crippen LogP contribution in [0.2, 0.25) is 0 Å². The fourth-order valence-corrected chi connectivity index (χ4v) is 1.06. The van der Waals surface area contributed by atoms with Crippen LogP contribution in [-0.2, 0) is 9.59 Å². The average Bonchev–Trinajstić information content (AvgIpc) is 2.13. The van der Waals surface area contributed by atoms with Gasteiger partial charge >= 0.3 is 5.97 Å². The van der Waals surface area contributed by atoms with Gasteiger partial charge in [0.05, 0.1) is 6.42 Å². The maximum absolute atomic E-state index is 10.5. The highest BCUT2D eigenvalue weighted by molar-refractivity contribution is 5.79. The minimum absolute atomic E-state index is 0.00463. The minimum atomic E-state index is -0.832. The van der Waals surface area contributed by atoms with Gasteiger partial charge in [0, 0.05) is 13.0 Å². The SMILES string of the molecule is O=C(O)C[C@H]1CNC(=O)C1. The molecule has 0 radical (unpaired) electrons. The van der Waals surface area contributed by atoms with E-state index < -0.39 is 5.97 Å². The molecule has 1 aliphatic heterocycles. The number of carboxylic acids is 1. The smallest absolute Gasteiger partial charge is 0.303 e. The third-order valence-corrected chi connectivity index (χ3v) is 1.53. The van der Waals surface area contributed by atoms with Crippen molar-refractivity contribution in [2.45, 2.75) is 12.8 Å². The summed E-state index contributed by atoms with van der Waals surface area (Å²) in [6.07, 6.45) is 0.463. The molecule has 1 rings (SSSR count). The van der Waals surface area contributed by atoms with Crippen molar-refractivity contribution in [3.8, 4) is 0 Å². The number of rotatable bonds is 2. The number of carbonyl (C=O) groups is 2. The molecule has 4 nitrogen and oxygen atoms in total. The third kappa shape index (κ3) is 1.72. The number of hydrogen-bond donors (Lipinski definition) is 2. The first-order valence-corrected chi connectivity index (χ1v) is 3.17. The Morgan fingerprint density at radius 1 is 1.80 bits per heavy atom. The molecule has 56 valence electrons. The van der Waals surface area contributed by atoms with E-state index in [-0.39, 0.29) is 18.2 Å². The molecule has 0 spiro atoms. The number of carbonyl (C=O) groups excluding carboxylic acids is 1. The van der Waals surface area contributed by atoms with E-state index in [0.29, 0.717) is 13.0 Å². The Hall–Kier alpha value is -1.06. The van der Waals surface area contributed by atoms with Crippen LogP contribution in [0.4, 0.5) is 0 Å². The lowest BCUT2D eigenvalue weighted by Gasteiger charge is -1.99. The van der Waals surface area contributed by atoms with Crippen LogP contribution in [0.25, 0.3) is 0 Å². The lowest BCUT2D eigenvalue weighted by molar-refractivity contribution is -0.137. The largest absolute Gasteiger partial charge is 0.481 e. The van der Waals surface area contributed by atoms with Gasteiger partial charge in [-0.25, -0.2) is 0 Å². The van der Waals surface area contributed by atoms with E-state index in [2.05, 4.69) is 5.32 Å². The first kappa shape index (κ1) is 7.05. The number of carboxylic acid groups (broad SMARTS) is 1. The Labute approximate surface area is 58.2 Å². The van der Waals surface area contributed by atoms with E-state index >= 15 is 0 Å². The van der Waals surface area contributed by atoms with Gasteiger partial charge < -0.3 is 10.4 Å². The summed E-state index contributed by atoms with van der Waals surface area (Å²) in [6, 6.07) is 0. The molecule has 1 aliphatic rings. The lowest BCUT2D eigenvalue weighted by Crippen LogP contribution is -2.14. The molecule has 1 amide bonds. The average molecular weight is 143 g/mol. The van der Waals surface area contributed by atoms with Crippen LogP contribution in [-0.4, -0.2) is 23.5 Å². The molecule has 0 unspecified atom stereocenters. The van der Waals surface area contributed by atoms with E-state index in [1.165, 1.54) is 0 Å². The molecular weight excluding hydrogens is 134 g/mol. The second-order valence-electron chi connectivity index (χ2n) is 2.47. The number of amides is 1. The topological polar surface area (TPSA) is 66.4 Å². The Morgan fingerprint density at radius 2 is 2.50 bits per heavy atom. The van der Waals surface area contributed by atoms with Crippen LogP contribution >= 0.6 is 0 Å². The second-order valence-corrected chi connectivity index (χ2v) is 2.47. The molecule has 1 fully saturated rings. The summed E-state index contributed by atoms with van der Waals surface area (Å²) in [7, 11) is 0. The predicted octanol–water partition coefficient (Wildman–Crippen LogP) is -0.403. The molecule has 4 heteroatoms. The van der Waals surface area contributed by atoms with Crippen LogP contribution in [0.1, 0.15) is 12.8 Å². The lowest BCUT2D eigenvalue weighted by atomic mass is 10.1. The summed E-state index contributed by atoms with van der Waals surface area (Å²) in [5.74, 6) is -0.863. The van der Waals surface area contributed by atoms with Gasteiger partial charge in [0.25, 0.3) is 0 Å². The molecule has 10 heavy (non-hydrogen) atoms. The van der Waals surface area contributed by atoms with E-state index in [9.17, 15) is 9.59 Å². The highest BCUT2D eigenvalue weighted by Crippen LogP contribution is 2.12. The van der Waals surface area contributed by atoms with Gasteiger partial charge in [0.1, 0.15) is 0 Å². The Bertz CT molecular complexity index is 166. The standard InChI is InChI=1S/C6H9NO3/c8-5-1-4(3-7-5)2-6(9)10/h4H,1-3H2,(H,7,8)(H,9,10)/t4-/m0/s1. The summed E-state index contributed by atoms with van der Waals surface area (Å²) in [4.78, 5) is 20.7. The van der Waals surface area contributed by atoms with Crippen LogP contribution in [0.15, 0.2) is 0 Å². The van der Waals surface area contributed by atoms with Crippen molar-refractivity contribution < 1.29 is 14.7 Å². The molecule has 0 aromatic rings. The first-order valence-electron chi connectivity index (χ1n) is 3.17. The molecule has 0 aliphatic carbocycles. The zero-order chi connectivity index (χ0) is 7.56. The van der Waals surface area contributed by atoms with Crippen molar-refractivity contribution in [1.82, 2.24) is 5.32 Å². The van der Waals surface area contributed by atoms with Crippen molar-refractivity contribution in [1.29, 1.82) is 0 Å². The number of hydrogen-bond acceptors (Lipinski definition) is 2. The van der Waals surface area contributed by atoms with Gasteiger partial charge in [0.15, 0.2) is 0 Å². The molecule has 1 atom stereocenters. The highest BCUT2D eigenvalue weighted by atomic mass is 16.4. The number of nitrogens with one attached hydrogen (secondary N) is 1. The van der Waals surface area contributed by atoms with E-state index in [4.69, 9.17) is 5.11 Å². The molecule has 0 saturated carbocycles. The molecular formula is C6H9NO3. The zero-order valence-corrected chi connectivity index (χ0v) is 5.46. The number of aliphatic carboxylic acids is 1. The summed E-state index contributed by atoms with van der Waals surface area (Å²) in [6.45, 7) is 0.519. The first-order chi connectivity index (χ1) is 4.68. The molecule has 0 aromatic heterocycles. The summed E-state index contributed by atoms with van der Waals surface area (Å²) in [5, 5.41) is 10.9. The predicted molar refractivity (Wildman–Crippen MR) is 33.4 cm³/mol. The monoisotopic (exact) mass is 143 g/mol. The molecule has 1 heterocycles. The van der Waals surface area contributed by atoms with Crippen molar-refractivity contribution >= 4 is 11.9 Å². The summed E-state index contributed by atoms with van der Waals surface area (Å²) < 4.78 is 0. The maximum atomic E-state index is 10.5. The van der Waals surface area contributed by atoms with Gasteiger partial charge in [-0.05, 0) is 5.92 Å². The normalized spacial score (nSPS) is 24.4. The van der Waals surface area contributed by atoms with E-state index in [1.54, 1.807) is 0 Å². The summed E-state index contributed by atoms with van der Waals surface area (Å²) in [5.41, 5.74) is 0. The van der Waals surface area contributed by atoms with E-state index in [1.807, 2.05) is 0 Å². The van der Waals surface area contributed by atoms with Crippen LogP contribution in [0.3, 0.4) is 0 Å². The third-order valence-electron chi connectivity index (χ3n) is 1.53. The van der Waals surface area contributed by atoms with Gasteiger partial charge in [0.2, 0.25) is 5.91 Å². The van der Waals surface area contributed by atoms with Crippen molar-refractivity contribution in [2.75, 3.05) is 6.54 Å². The van der Waals surface area contributed by atoms with Gasteiger partial charge in [-0.15, -0.1) is 0 Å². The van der Waals surface area contributed by atoms with Crippen molar-refractivity contribution in [2.24, 2.45) is 5.92 Å². The van der Waals surface area contributed by atoms with Crippen LogP contribution in [0, 0.1) is 5.92 Å². The quantitative estimate of drug-likeness (QED) is 0.552. The molecule has 2 N–H and O–H groups in total. The molecule has 1 saturated heterocycles. The van der Waals surface area contributed by atoms with Gasteiger partial charge in [-0.1, -0.05) is 0 Å². The highest BCUT2D eigenvalue weighted by Gasteiger charge is 2.23. The fourth-order valence-electron chi connectivity index (χ4n) is 1.06. The Kier molecular flexibility index (Phi) is 1.89. The maximum Gasteiger partial charge on any atom is 0.303 e. The van der Waals surface area contributed by atoms with Gasteiger partial charge in [-0.2, -0.15) is 0 Å². The Balaban J connectivity index is 2.31. The Morgan fingerprint density at radius 3 is 2.90 bits per heavy atom. The van der Waals surface area contributed by atoms with Crippen molar-refractivity contribution in [3.63, 3.8) is 0 Å². The molecule has 0 bridgehead atoms. The van der Waals surface area contributed by atoms with Gasteiger partial charge in [-0.3, -0.25) is 9.59 Å². The second kappa shape index (κ2) is 2.68.